The maximum Gasteiger partial charge on any atom is 0.0494 e. The molecule has 1 atom stereocenters. The third-order valence-electron chi connectivity index (χ3n) is 3.15. The third kappa shape index (κ3) is 3.65. The molecule has 78 valence electrons. The number of ether oxygens (including phenoxy) is 1. The van der Waals surface area contributed by atoms with E-state index in [2.05, 4.69) is 25.8 Å². The van der Waals surface area contributed by atoms with E-state index in [1.54, 1.807) is 0 Å². The molecule has 0 aromatic carbocycles. The average Bonchev–Trinajstić information content (AvgIpc) is 2.15. The van der Waals surface area contributed by atoms with Crippen LogP contribution in [0.3, 0.4) is 0 Å². The Hall–Kier alpha value is -0.0800. The van der Waals surface area contributed by atoms with Gasteiger partial charge in [-0.05, 0) is 51.7 Å². The highest BCUT2D eigenvalue weighted by Gasteiger charge is 2.21. The lowest BCUT2D eigenvalue weighted by atomic mass is 9.86. The van der Waals surface area contributed by atoms with Gasteiger partial charge in [0.25, 0.3) is 0 Å². The van der Waals surface area contributed by atoms with Gasteiger partial charge < -0.3 is 9.64 Å². The molecular formula is C11H23NO. The van der Waals surface area contributed by atoms with Crippen LogP contribution in [0.5, 0.6) is 0 Å². The van der Waals surface area contributed by atoms with Crippen molar-refractivity contribution in [2.24, 2.45) is 11.8 Å². The summed E-state index contributed by atoms with van der Waals surface area (Å²) < 4.78 is 5.46. The van der Waals surface area contributed by atoms with Crippen molar-refractivity contribution in [2.45, 2.75) is 26.7 Å². The molecule has 0 N–H and O–H groups in total. The lowest BCUT2D eigenvalue weighted by Crippen LogP contribution is -2.33. The Balaban J connectivity index is 2.19. The molecule has 0 saturated carbocycles. The summed E-state index contributed by atoms with van der Waals surface area (Å²) in [5.41, 5.74) is 0. The molecule has 0 spiro atoms. The maximum absolute atomic E-state index is 5.46. The molecule has 0 aromatic heterocycles. The van der Waals surface area contributed by atoms with Gasteiger partial charge in [-0.1, -0.05) is 6.92 Å². The van der Waals surface area contributed by atoms with E-state index >= 15 is 0 Å². The Morgan fingerprint density at radius 1 is 1.38 bits per heavy atom. The van der Waals surface area contributed by atoms with Crippen LogP contribution in [0.25, 0.3) is 0 Å². The van der Waals surface area contributed by atoms with Crippen LogP contribution in [0, 0.1) is 11.8 Å². The molecule has 2 nitrogen and oxygen atoms in total. The zero-order chi connectivity index (χ0) is 9.68. The van der Waals surface area contributed by atoms with Gasteiger partial charge in [-0.2, -0.15) is 0 Å². The van der Waals surface area contributed by atoms with Crippen molar-refractivity contribution >= 4 is 0 Å². The molecule has 1 heterocycles. The first-order valence-electron chi connectivity index (χ1n) is 5.50. The van der Waals surface area contributed by atoms with E-state index in [0.717, 1.165) is 25.0 Å². The molecule has 1 aliphatic rings. The highest BCUT2D eigenvalue weighted by atomic mass is 16.5. The van der Waals surface area contributed by atoms with Gasteiger partial charge in [-0.3, -0.25) is 0 Å². The number of rotatable bonds is 4. The molecule has 0 aromatic rings. The van der Waals surface area contributed by atoms with Crippen molar-refractivity contribution in [1.82, 2.24) is 4.90 Å². The van der Waals surface area contributed by atoms with E-state index < -0.39 is 0 Å². The van der Waals surface area contributed by atoms with Crippen LogP contribution in [-0.4, -0.2) is 38.3 Å². The lowest BCUT2D eigenvalue weighted by molar-refractivity contribution is 0.0725. The number of nitrogens with zero attached hydrogens (tertiary/aromatic N) is 1. The standard InChI is InChI=1S/C11H23NO/c1-4-13-9-10(2)11-5-7-12(3)8-6-11/h10-11H,4-9H2,1-3H3. The summed E-state index contributed by atoms with van der Waals surface area (Å²) in [6, 6.07) is 0. The minimum atomic E-state index is 0.744. The van der Waals surface area contributed by atoms with Gasteiger partial charge in [0.15, 0.2) is 0 Å². The Bertz CT molecular complexity index is 130. The van der Waals surface area contributed by atoms with E-state index in [9.17, 15) is 0 Å². The molecule has 2 heteroatoms. The van der Waals surface area contributed by atoms with Crippen LogP contribution in [0.2, 0.25) is 0 Å². The molecule has 0 aliphatic carbocycles. The molecule has 0 amide bonds. The second-order valence-corrected chi connectivity index (χ2v) is 4.28. The van der Waals surface area contributed by atoms with Gasteiger partial charge in [-0.15, -0.1) is 0 Å². The smallest absolute Gasteiger partial charge is 0.0494 e. The largest absolute Gasteiger partial charge is 0.381 e. The van der Waals surface area contributed by atoms with Crippen LogP contribution in [0.1, 0.15) is 26.7 Å². The summed E-state index contributed by atoms with van der Waals surface area (Å²) in [4.78, 5) is 2.42. The van der Waals surface area contributed by atoms with Crippen molar-refractivity contribution in [2.75, 3.05) is 33.4 Å². The molecule has 0 bridgehead atoms. The monoisotopic (exact) mass is 185 g/mol. The number of piperidine rings is 1. The highest BCUT2D eigenvalue weighted by molar-refractivity contribution is 4.74. The Morgan fingerprint density at radius 3 is 2.54 bits per heavy atom. The number of likely N-dealkylation sites (tertiary alicyclic amines) is 1. The molecule has 0 radical (unpaired) electrons. The predicted molar refractivity (Wildman–Crippen MR) is 55.9 cm³/mol. The SMILES string of the molecule is CCOCC(C)C1CCN(C)CC1. The van der Waals surface area contributed by atoms with E-state index in [4.69, 9.17) is 4.74 Å². The molecule has 1 unspecified atom stereocenters. The Kier molecular flexibility index (Phi) is 4.74. The second-order valence-electron chi connectivity index (χ2n) is 4.28. The van der Waals surface area contributed by atoms with Crippen molar-refractivity contribution in [1.29, 1.82) is 0 Å². The fourth-order valence-electron chi connectivity index (χ4n) is 2.04. The van der Waals surface area contributed by atoms with Crippen LogP contribution in [0.4, 0.5) is 0 Å². The molecule has 13 heavy (non-hydrogen) atoms. The molecule has 1 saturated heterocycles. The van der Waals surface area contributed by atoms with Crippen molar-refractivity contribution in [3.8, 4) is 0 Å². The Morgan fingerprint density at radius 2 is 2.00 bits per heavy atom. The summed E-state index contributed by atoms with van der Waals surface area (Å²) in [5, 5.41) is 0. The zero-order valence-corrected chi connectivity index (χ0v) is 9.25. The normalized spacial score (nSPS) is 23.3. The molecular weight excluding hydrogens is 162 g/mol. The van der Waals surface area contributed by atoms with Gasteiger partial charge in [0.2, 0.25) is 0 Å². The van der Waals surface area contributed by atoms with E-state index in [-0.39, 0.29) is 0 Å². The first-order valence-corrected chi connectivity index (χ1v) is 5.50. The van der Waals surface area contributed by atoms with Crippen LogP contribution >= 0.6 is 0 Å². The third-order valence-corrected chi connectivity index (χ3v) is 3.15. The fraction of sp³-hybridized carbons (Fsp3) is 1.00. The molecule has 1 rings (SSSR count). The minimum Gasteiger partial charge on any atom is -0.381 e. The van der Waals surface area contributed by atoms with E-state index in [0.29, 0.717) is 0 Å². The van der Waals surface area contributed by atoms with E-state index in [1.807, 2.05) is 0 Å². The summed E-state index contributed by atoms with van der Waals surface area (Å²) in [7, 11) is 2.21. The summed E-state index contributed by atoms with van der Waals surface area (Å²) >= 11 is 0. The number of hydrogen-bond donors (Lipinski definition) is 0. The predicted octanol–water partition coefficient (Wildman–Crippen LogP) is 2.00. The van der Waals surface area contributed by atoms with Gasteiger partial charge in [-0.25, -0.2) is 0 Å². The summed E-state index contributed by atoms with van der Waals surface area (Å²) in [6.45, 7) is 8.73. The fourth-order valence-corrected chi connectivity index (χ4v) is 2.04. The van der Waals surface area contributed by atoms with Gasteiger partial charge in [0.1, 0.15) is 0 Å². The second kappa shape index (κ2) is 5.61. The highest BCUT2D eigenvalue weighted by Crippen LogP contribution is 2.24. The average molecular weight is 185 g/mol. The van der Waals surface area contributed by atoms with Crippen LogP contribution in [0.15, 0.2) is 0 Å². The van der Waals surface area contributed by atoms with Crippen molar-refractivity contribution in [3.63, 3.8) is 0 Å². The first-order chi connectivity index (χ1) is 6.24. The van der Waals surface area contributed by atoms with Crippen molar-refractivity contribution < 1.29 is 4.74 Å². The number of hydrogen-bond acceptors (Lipinski definition) is 2. The first kappa shape index (κ1) is 11.0. The molecule has 1 aliphatic heterocycles. The Labute approximate surface area is 82.3 Å². The summed E-state index contributed by atoms with van der Waals surface area (Å²) in [6.07, 6.45) is 2.70. The quantitative estimate of drug-likeness (QED) is 0.664. The lowest BCUT2D eigenvalue weighted by Gasteiger charge is -2.32. The van der Waals surface area contributed by atoms with Crippen LogP contribution in [-0.2, 0) is 4.74 Å². The maximum atomic E-state index is 5.46. The van der Waals surface area contributed by atoms with E-state index in [1.165, 1.54) is 25.9 Å². The topological polar surface area (TPSA) is 12.5 Å². The minimum absolute atomic E-state index is 0.744. The van der Waals surface area contributed by atoms with Gasteiger partial charge >= 0.3 is 0 Å². The summed E-state index contributed by atoms with van der Waals surface area (Å²) in [5.74, 6) is 1.64. The van der Waals surface area contributed by atoms with Gasteiger partial charge in [0, 0.05) is 13.2 Å². The van der Waals surface area contributed by atoms with Crippen molar-refractivity contribution in [3.05, 3.63) is 0 Å². The zero-order valence-electron chi connectivity index (χ0n) is 9.25. The molecule has 1 fully saturated rings. The van der Waals surface area contributed by atoms with Crippen LogP contribution < -0.4 is 0 Å². The van der Waals surface area contributed by atoms with Gasteiger partial charge in [0.05, 0.1) is 0 Å².